The molecule has 4 unspecified atom stereocenters. The Morgan fingerprint density at radius 2 is 1.50 bits per heavy atom. The number of nitrogens with zero attached hydrogens (tertiary/aromatic N) is 2. The van der Waals surface area contributed by atoms with Crippen molar-refractivity contribution in [3.8, 4) is 0 Å². The third-order valence-electron chi connectivity index (χ3n) is 5.93. The van der Waals surface area contributed by atoms with Crippen LogP contribution in [0.1, 0.15) is 40.5 Å². The number of β-amino-alcohol motifs (C(OH)–C–C–N with tert-alkyl or cyclic N) is 1. The first-order chi connectivity index (χ1) is 11.8. The van der Waals surface area contributed by atoms with Crippen LogP contribution in [-0.2, 0) is 0 Å². The predicted molar refractivity (Wildman–Crippen MR) is 101 cm³/mol. The summed E-state index contributed by atoms with van der Waals surface area (Å²) in [6.45, 7) is 9.85. The molecular weight excluding hydrogens is 338 g/mol. The van der Waals surface area contributed by atoms with Gasteiger partial charge in [0.25, 0.3) is 0 Å². The van der Waals surface area contributed by atoms with Crippen molar-refractivity contribution in [2.75, 3.05) is 33.3 Å². The van der Waals surface area contributed by atoms with Crippen LogP contribution in [0.4, 0.5) is 0 Å². The Morgan fingerprint density at radius 3 is 1.96 bits per heavy atom. The maximum Gasteiger partial charge on any atom is 0.111 e. The van der Waals surface area contributed by atoms with E-state index in [1.807, 2.05) is 11.9 Å². The first kappa shape index (κ1) is 23.7. The number of likely N-dealkylation sites (tertiary alicyclic amines) is 1. The van der Waals surface area contributed by atoms with Gasteiger partial charge in [0.2, 0.25) is 0 Å². The van der Waals surface area contributed by atoms with Crippen molar-refractivity contribution in [3.05, 3.63) is 0 Å². The smallest absolute Gasteiger partial charge is 0.111 e. The molecule has 1 saturated heterocycles. The van der Waals surface area contributed by atoms with Crippen molar-refractivity contribution in [1.82, 2.24) is 9.80 Å². The predicted octanol–water partition coefficient (Wildman–Crippen LogP) is -1.67. The molecule has 26 heavy (non-hydrogen) atoms. The van der Waals surface area contributed by atoms with E-state index in [0.717, 1.165) is 25.9 Å². The summed E-state index contributed by atoms with van der Waals surface area (Å²) in [7, 11) is 1.86. The van der Waals surface area contributed by atoms with Crippen molar-refractivity contribution in [2.24, 2.45) is 5.73 Å². The van der Waals surface area contributed by atoms with E-state index in [0.29, 0.717) is 0 Å². The summed E-state index contributed by atoms with van der Waals surface area (Å²) in [6.07, 6.45) is -4.01. The monoisotopic (exact) mass is 377 g/mol. The Kier molecular flexibility index (Phi) is 8.44. The third-order valence-corrected chi connectivity index (χ3v) is 5.93. The molecule has 8 heteroatoms. The van der Waals surface area contributed by atoms with E-state index in [9.17, 15) is 20.4 Å². The van der Waals surface area contributed by atoms with Crippen molar-refractivity contribution >= 4 is 0 Å². The van der Waals surface area contributed by atoms with Gasteiger partial charge in [-0.25, -0.2) is 0 Å². The van der Waals surface area contributed by atoms with E-state index >= 15 is 0 Å². The van der Waals surface area contributed by atoms with E-state index in [2.05, 4.69) is 32.6 Å². The average Bonchev–Trinajstić information content (AvgIpc) is 2.54. The molecule has 7 N–H and O–H groups in total. The van der Waals surface area contributed by atoms with Gasteiger partial charge in [0.1, 0.15) is 18.3 Å². The minimum absolute atomic E-state index is 0.0491. The molecule has 8 nitrogen and oxygen atoms in total. The van der Waals surface area contributed by atoms with Crippen LogP contribution >= 0.6 is 0 Å². The van der Waals surface area contributed by atoms with E-state index < -0.39 is 31.0 Å². The molecule has 0 saturated carbocycles. The Balaban J connectivity index is 2.54. The fraction of sp³-hybridized carbons (Fsp3) is 1.00. The van der Waals surface area contributed by atoms with Gasteiger partial charge in [-0.2, -0.15) is 0 Å². The lowest BCUT2D eigenvalue weighted by Crippen LogP contribution is -2.63. The molecule has 0 spiro atoms. The molecule has 1 rings (SSSR count). The van der Waals surface area contributed by atoms with Gasteiger partial charge in [-0.3, -0.25) is 9.80 Å². The molecule has 0 amide bonds. The van der Waals surface area contributed by atoms with Crippen LogP contribution in [0.5, 0.6) is 0 Å². The van der Waals surface area contributed by atoms with Crippen LogP contribution in [-0.4, -0.2) is 110 Å². The molecule has 1 heterocycles. The van der Waals surface area contributed by atoms with E-state index in [1.54, 1.807) is 0 Å². The molecule has 0 aromatic rings. The molecule has 0 aromatic carbocycles. The van der Waals surface area contributed by atoms with Gasteiger partial charge in [-0.05, 0) is 47.6 Å². The van der Waals surface area contributed by atoms with Crippen molar-refractivity contribution < 1.29 is 25.5 Å². The van der Waals surface area contributed by atoms with E-state index in [4.69, 9.17) is 10.8 Å². The molecular formula is C18H39N3O5. The Morgan fingerprint density at radius 1 is 1.00 bits per heavy atom. The number of nitrogens with two attached hydrogens (primary N) is 1. The zero-order valence-electron chi connectivity index (χ0n) is 16.8. The highest BCUT2D eigenvalue weighted by Gasteiger charge is 2.38. The highest BCUT2D eigenvalue weighted by Crippen LogP contribution is 2.30. The van der Waals surface area contributed by atoms with Gasteiger partial charge in [0, 0.05) is 36.8 Å². The fourth-order valence-corrected chi connectivity index (χ4v) is 3.17. The number of aliphatic hydroxyl groups excluding tert-OH is 5. The molecule has 1 aliphatic rings. The summed E-state index contributed by atoms with van der Waals surface area (Å²) in [5.41, 5.74) is 5.70. The van der Waals surface area contributed by atoms with Crippen molar-refractivity contribution in [2.45, 2.75) is 82.1 Å². The fourth-order valence-electron chi connectivity index (χ4n) is 3.17. The Bertz CT molecular complexity index is 429. The number of aliphatic hydroxyl groups is 5. The standard InChI is InChI=1S/C18H39N3O5/c1-17(2,6-7-18(3,4)21-8-12(19)9-21)20(5)10-13(23)15(25)16(26)14(24)11-22/h12-16,22-26H,6-11,19H2,1-5H3. The zero-order chi connectivity index (χ0) is 20.3. The molecule has 156 valence electrons. The van der Waals surface area contributed by atoms with E-state index in [1.165, 1.54) is 0 Å². The molecule has 4 atom stereocenters. The lowest BCUT2D eigenvalue weighted by molar-refractivity contribution is -0.122. The highest BCUT2D eigenvalue weighted by atomic mass is 16.4. The number of hydrogen-bond donors (Lipinski definition) is 6. The maximum absolute atomic E-state index is 10.2. The second-order valence-corrected chi connectivity index (χ2v) is 8.97. The first-order valence-corrected chi connectivity index (χ1v) is 9.37. The minimum Gasteiger partial charge on any atom is -0.394 e. The average molecular weight is 378 g/mol. The quantitative estimate of drug-likeness (QED) is 0.252. The zero-order valence-corrected chi connectivity index (χ0v) is 16.8. The molecule has 0 aromatic heterocycles. The van der Waals surface area contributed by atoms with Gasteiger partial charge >= 0.3 is 0 Å². The number of likely N-dealkylation sites (N-methyl/N-ethyl adjacent to an activating group) is 1. The van der Waals surface area contributed by atoms with Gasteiger partial charge in [-0.1, -0.05) is 0 Å². The summed E-state index contributed by atoms with van der Waals surface area (Å²) >= 11 is 0. The summed E-state index contributed by atoms with van der Waals surface area (Å²) in [5.74, 6) is 0. The summed E-state index contributed by atoms with van der Waals surface area (Å²) in [5, 5.41) is 48.2. The van der Waals surface area contributed by atoms with Gasteiger partial charge < -0.3 is 31.3 Å². The lowest BCUT2D eigenvalue weighted by Gasteiger charge is -2.49. The number of hydrogen-bond acceptors (Lipinski definition) is 8. The van der Waals surface area contributed by atoms with Crippen LogP contribution in [0.2, 0.25) is 0 Å². The topological polar surface area (TPSA) is 134 Å². The van der Waals surface area contributed by atoms with Gasteiger partial charge in [0.15, 0.2) is 0 Å². The molecule has 0 radical (unpaired) electrons. The largest absolute Gasteiger partial charge is 0.394 e. The SMILES string of the molecule is CN(CC(O)C(O)C(O)C(O)CO)C(C)(C)CCC(C)(C)N1CC(N)C1. The summed E-state index contributed by atoms with van der Waals surface area (Å²) < 4.78 is 0. The highest BCUT2D eigenvalue weighted by molar-refractivity contribution is 4.95. The second kappa shape index (κ2) is 9.25. The molecule has 1 aliphatic heterocycles. The van der Waals surface area contributed by atoms with E-state index in [-0.39, 0.29) is 23.7 Å². The van der Waals surface area contributed by atoms with Crippen LogP contribution in [0.15, 0.2) is 0 Å². The van der Waals surface area contributed by atoms with Crippen molar-refractivity contribution in [1.29, 1.82) is 0 Å². The molecule has 1 fully saturated rings. The van der Waals surface area contributed by atoms with Gasteiger partial charge in [0.05, 0.1) is 12.7 Å². The Hall–Kier alpha value is -0.320. The maximum atomic E-state index is 10.2. The third kappa shape index (κ3) is 6.10. The van der Waals surface area contributed by atoms with Crippen LogP contribution in [0, 0.1) is 0 Å². The lowest BCUT2D eigenvalue weighted by atomic mass is 9.85. The Labute approximate surface area is 157 Å². The normalized spacial score (nSPS) is 22.2. The summed E-state index contributed by atoms with van der Waals surface area (Å²) in [6, 6.07) is 0.266. The van der Waals surface area contributed by atoms with Crippen LogP contribution in [0.3, 0.4) is 0 Å². The van der Waals surface area contributed by atoms with Crippen LogP contribution in [0.25, 0.3) is 0 Å². The van der Waals surface area contributed by atoms with Crippen molar-refractivity contribution in [3.63, 3.8) is 0 Å². The minimum atomic E-state index is -1.60. The second-order valence-electron chi connectivity index (χ2n) is 8.97. The molecule has 0 bridgehead atoms. The molecule has 0 aliphatic carbocycles. The van der Waals surface area contributed by atoms with Crippen LogP contribution < -0.4 is 5.73 Å². The van der Waals surface area contributed by atoms with Gasteiger partial charge in [-0.15, -0.1) is 0 Å². The first-order valence-electron chi connectivity index (χ1n) is 9.37. The summed E-state index contributed by atoms with van der Waals surface area (Å²) in [4.78, 5) is 4.32. The number of rotatable bonds is 11.